The van der Waals surface area contributed by atoms with Crippen LogP contribution in [0.4, 0.5) is 5.69 Å². The van der Waals surface area contributed by atoms with Crippen molar-refractivity contribution in [3.63, 3.8) is 0 Å². The van der Waals surface area contributed by atoms with E-state index in [1.807, 2.05) is 48.5 Å². The van der Waals surface area contributed by atoms with Gasteiger partial charge in [-0.1, -0.05) is 78.3 Å². The van der Waals surface area contributed by atoms with Gasteiger partial charge in [0.15, 0.2) is 5.78 Å². The predicted molar refractivity (Wildman–Crippen MR) is 151 cm³/mol. The SMILES string of the molecule is COc1ccc(C(=O)Nc2ccc(Cl)cc2C(=O)c2ccccc2)cc1COc1cccc2ccccc12. The number of hydrogen-bond donors (Lipinski definition) is 1. The van der Waals surface area contributed by atoms with Gasteiger partial charge in [0.25, 0.3) is 5.91 Å². The number of carbonyl (C=O) groups excluding carboxylic acids is 2. The fourth-order valence-corrected chi connectivity index (χ4v) is 4.43. The third-order valence-electron chi connectivity index (χ3n) is 6.19. The van der Waals surface area contributed by atoms with Crippen LogP contribution in [0.3, 0.4) is 0 Å². The van der Waals surface area contributed by atoms with Crippen molar-refractivity contribution in [2.24, 2.45) is 0 Å². The van der Waals surface area contributed by atoms with Crippen LogP contribution in [0.2, 0.25) is 5.02 Å². The number of rotatable bonds is 8. The number of hydrogen-bond acceptors (Lipinski definition) is 4. The van der Waals surface area contributed by atoms with Crippen molar-refractivity contribution in [3.8, 4) is 11.5 Å². The zero-order valence-corrected chi connectivity index (χ0v) is 21.4. The van der Waals surface area contributed by atoms with Crippen LogP contribution in [-0.2, 0) is 6.61 Å². The average Bonchev–Trinajstić information content (AvgIpc) is 2.96. The van der Waals surface area contributed by atoms with Gasteiger partial charge < -0.3 is 14.8 Å². The van der Waals surface area contributed by atoms with Crippen molar-refractivity contribution in [2.45, 2.75) is 6.61 Å². The van der Waals surface area contributed by atoms with Crippen molar-refractivity contribution >= 4 is 39.8 Å². The number of carbonyl (C=O) groups is 2. The van der Waals surface area contributed by atoms with Gasteiger partial charge in [-0.2, -0.15) is 0 Å². The zero-order valence-electron chi connectivity index (χ0n) is 20.6. The van der Waals surface area contributed by atoms with Crippen molar-refractivity contribution in [1.82, 2.24) is 0 Å². The van der Waals surface area contributed by atoms with E-state index >= 15 is 0 Å². The monoisotopic (exact) mass is 521 g/mol. The molecule has 0 saturated heterocycles. The molecule has 38 heavy (non-hydrogen) atoms. The highest BCUT2D eigenvalue weighted by Gasteiger charge is 2.18. The maximum absolute atomic E-state index is 13.3. The number of methoxy groups -OCH3 is 1. The highest BCUT2D eigenvalue weighted by molar-refractivity contribution is 6.31. The first-order valence-corrected chi connectivity index (χ1v) is 12.4. The lowest BCUT2D eigenvalue weighted by Gasteiger charge is -2.14. The molecule has 6 heteroatoms. The number of nitrogens with one attached hydrogen (secondary N) is 1. The Kier molecular flexibility index (Phi) is 7.38. The van der Waals surface area contributed by atoms with Crippen LogP contribution < -0.4 is 14.8 Å². The smallest absolute Gasteiger partial charge is 0.255 e. The highest BCUT2D eigenvalue weighted by atomic mass is 35.5. The Balaban J connectivity index is 1.39. The maximum atomic E-state index is 13.3. The Morgan fingerprint density at radius 1 is 0.763 bits per heavy atom. The summed E-state index contributed by atoms with van der Waals surface area (Å²) in [5.41, 5.74) is 2.30. The minimum Gasteiger partial charge on any atom is -0.496 e. The van der Waals surface area contributed by atoms with E-state index in [1.54, 1.807) is 67.8 Å². The molecule has 0 aliphatic heterocycles. The predicted octanol–water partition coefficient (Wildman–Crippen LogP) is 7.56. The normalized spacial score (nSPS) is 10.7. The molecule has 0 spiro atoms. The molecule has 1 amide bonds. The summed E-state index contributed by atoms with van der Waals surface area (Å²) in [7, 11) is 1.58. The topological polar surface area (TPSA) is 64.6 Å². The Labute approximate surface area is 225 Å². The molecule has 0 heterocycles. The van der Waals surface area contributed by atoms with Crippen LogP contribution >= 0.6 is 11.6 Å². The third-order valence-corrected chi connectivity index (χ3v) is 6.42. The largest absolute Gasteiger partial charge is 0.496 e. The van der Waals surface area contributed by atoms with Gasteiger partial charge in [0.05, 0.1) is 12.8 Å². The first-order chi connectivity index (χ1) is 18.5. The van der Waals surface area contributed by atoms with Gasteiger partial charge >= 0.3 is 0 Å². The van der Waals surface area contributed by atoms with E-state index in [1.165, 1.54) is 0 Å². The van der Waals surface area contributed by atoms with Gasteiger partial charge in [0.1, 0.15) is 18.1 Å². The summed E-state index contributed by atoms with van der Waals surface area (Å²) in [4.78, 5) is 26.4. The van der Waals surface area contributed by atoms with Crippen LogP contribution in [0.1, 0.15) is 31.8 Å². The van der Waals surface area contributed by atoms with Crippen molar-refractivity contribution in [3.05, 3.63) is 136 Å². The first kappa shape index (κ1) is 25.1. The quantitative estimate of drug-likeness (QED) is 0.214. The number of halogens is 1. The van der Waals surface area contributed by atoms with Crippen molar-refractivity contribution in [2.75, 3.05) is 12.4 Å². The Morgan fingerprint density at radius 2 is 1.53 bits per heavy atom. The van der Waals surface area contributed by atoms with E-state index in [9.17, 15) is 9.59 Å². The Bertz CT molecular complexity index is 1630. The van der Waals surface area contributed by atoms with E-state index in [4.69, 9.17) is 21.1 Å². The lowest BCUT2D eigenvalue weighted by atomic mass is 10.0. The Hall–Kier alpha value is -4.61. The molecule has 5 nitrogen and oxygen atoms in total. The minimum absolute atomic E-state index is 0.205. The molecule has 0 aliphatic carbocycles. The molecule has 5 aromatic rings. The van der Waals surface area contributed by atoms with Crippen molar-refractivity contribution in [1.29, 1.82) is 0 Å². The van der Waals surface area contributed by atoms with E-state index < -0.39 is 0 Å². The molecule has 5 aromatic carbocycles. The Morgan fingerprint density at radius 3 is 2.34 bits per heavy atom. The second-order valence-electron chi connectivity index (χ2n) is 8.63. The van der Waals surface area contributed by atoms with Crippen LogP contribution in [0.5, 0.6) is 11.5 Å². The van der Waals surface area contributed by atoms with E-state index in [0.29, 0.717) is 38.7 Å². The second-order valence-corrected chi connectivity index (χ2v) is 9.07. The standard InChI is InChI=1S/C32H24ClNO4/c1-37-29-17-14-23(18-24(29)20-38-30-13-7-11-21-8-5-6-12-26(21)30)32(36)34-28-16-15-25(33)19-27(28)31(35)22-9-3-2-4-10-22/h2-19H,20H2,1H3,(H,34,36). The summed E-state index contributed by atoms with van der Waals surface area (Å²) in [5.74, 6) is 0.740. The third kappa shape index (κ3) is 5.38. The van der Waals surface area contributed by atoms with Crippen LogP contribution in [0.25, 0.3) is 10.8 Å². The fraction of sp³-hybridized carbons (Fsp3) is 0.0625. The molecule has 0 aliphatic rings. The number of ketones is 1. The lowest BCUT2D eigenvalue weighted by molar-refractivity contribution is 0.102. The van der Waals surface area contributed by atoms with Gasteiger partial charge in [-0.15, -0.1) is 0 Å². The molecule has 188 valence electrons. The van der Waals surface area contributed by atoms with Crippen LogP contribution in [-0.4, -0.2) is 18.8 Å². The van der Waals surface area contributed by atoms with Gasteiger partial charge in [0.2, 0.25) is 0 Å². The van der Waals surface area contributed by atoms with Gasteiger partial charge in [-0.25, -0.2) is 0 Å². The molecule has 0 radical (unpaired) electrons. The summed E-state index contributed by atoms with van der Waals surface area (Å²) in [6.45, 7) is 0.205. The van der Waals surface area contributed by atoms with E-state index in [-0.39, 0.29) is 18.3 Å². The molecule has 1 N–H and O–H groups in total. The number of benzene rings is 5. The number of ether oxygens (including phenoxy) is 2. The number of amides is 1. The first-order valence-electron chi connectivity index (χ1n) is 12.0. The lowest BCUT2D eigenvalue weighted by Crippen LogP contribution is -2.16. The van der Waals surface area contributed by atoms with Gasteiger partial charge in [-0.05, 0) is 47.9 Å². The summed E-state index contributed by atoms with van der Waals surface area (Å²) >= 11 is 6.19. The minimum atomic E-state index is -0.372. The zero-order chi connectivity index (χ0) is 26.5. The van der Waals surface area contributed by atoms with Crippen LogP contribution in [0.15, 0.2) is 109 Å². The van der Waals surface area contributed by atoms with Crippen LogP contribution in [0, 0.1) is 0 Å². The molecule has 0 fully saturated rings. The molecule has 0 atom stereocenters. The molecule has 5 rings (SSSR count). The number of anilines is 1. The van der Waals surface area contributed by atoms with E-state index in [0.717, 1.165) is 16.5 Å². The fourth-order valence-electron chi connectivity index (χ4n) is 4.26. The van der Waals surface area contributed by atoms with E-state index in [2.05, 4.69) is 5.32 Å². The summed E-state index contributed by atoms with van der Waals surface area (Å²) in [6.07, 6.45) is 0. The number of fused-ring (bicyclic) bond motifs is 1. The molecule has 0 bridgehead atoms. The summed E-state index contributed by atoms with van der Waals surface area (Å²) in [5, 5.41) is 5.35. The molecule has 0 saturated carbocycles. The summed E-state index contributed by atoms with van der Waals surface area (Å²) in [6, 6.07) is 32.7. The average molecular weight is 522 g/mol. The molecule has 0 unspecified atom stereocenters. The van der Waals surface area contributed by atoms with Gasteiger partial charge in [-0.3, -0.25) is 9.59 Å². The molecular weight excluding hydrogens is 498 g/mol. The second kappa shape index (κ2) is 11.2. The molecular formula is C32H24ClNO4. The van der Waals surface area contributed by atoms with Crippen molar-refractivity contribution < 1.29 is 19.1 Å². The highest BCUT2D eigenvalue weighted by Crippen LogP contribution is 2.29. The maximum Gasteiger partial charge on any atom is 0.255 e. The summed E-state index contributed by atoms with van der Waals surface area (Å²) < 4.78 is 11.7. The molecule has 0 aromatic heterocycles. The van der Waals surface area contributed by atoms with Gasteiger partial charge in [0, 0.05) is 32.7 Å².